The molecule has 0 spiro atoms. The Bertz CT molecular complexity index is 335. The zero-order valence-electron chi connectivity index (χ0n) is 11.0. The van der Waals surface area contributed by atoms with Crippen molar-refractivity contribution < 1.29 is 0 Å². The van der Waals surface area contributed by atoms with Gasteiger partial charge in [-0.1, -0.05) is 6.42 Å². The van der Waals surface area contributed by atoms with E-state index in [0.29, 0.717) is 0 Å². The number of rotatable bonds is 5. The van der Waals surface area contributed by atoms with Gasteiger partial charge in [-0.3, -0.25) is 0 Å². The molecule has 0 bridgehead atoms. The Labute approximate surface area is 109 Å². The summed E-state index contributed by atoms with van der Waals surface area (Å²) in [6.07, 6.45) is 5.48. The molecule has 0 aromatic carbocycles. The van der Waals surface area contributed by atoms with Crippen molar-refractivity contribution in [1.29, 1.82) is 0 Å². The molecule has 0 aliphatic carbocycles. The maximum absolute atomic E-state index is 3.58. The zero-order valence-corrected chi connectivity index (χ0v) is 11.9. The highest BCUT2D eigenvalue weighted by atomic mass is 32.1. The second-order valence-corrected chi connectivity index (χ2v) is 6.12. The Hall–Kier alpha value is -0.380. The fourth-order valence-corrected chi connectivity index (χ4v) is 3.44. The molecule has 0 amide bonds. The first-order chi connectivity index (χ1) is 8.27. The topological polar surface area (TPSA) is 15.3 Å². The highest BCUT2D eigenvalue weighted by molar-refractivity contribution is 7.10. The average molecular weight is 252 g/mol. The van der Waals surface area contributed by atoms with Crippen molar-refractivity contribution in [2.75, 3.05) is 20.1 Å². The van der Waals surface area contributed by atoms with Gasteiger partial charge in [0.15, 0.2) is 0 Å². The van der Waals surface area contributed by atoms with Crippen LogP contribution in [0.15, 0.2) is 11.4 Å². The van der Waals surface area contributed by atoms with Gasteiger partial charge in [-0.25, -0.2) is 0 Å². The first-order valence-electron chi connectivity index (χ1n) is 6.71. The maximum Gasteiger partial charge on any atom is 0.0302 e. The van der Waals surface area contributed by atoms with Crippen molar-refractivity contribution in [2.24, 2.45) is 0 Å². The summed E-state index contributed by atoms with van der Waals surface area (Å²) >= 11 is 1.86. The molecular formula is C14H24N2S. The Morgan fingerprint density at radius 2 is 2.35 bits per heavy atom. The van der Waals surface area contributed by atoms with Crippen LogP contribution in [0.3, 0.4) is 0 Å². The molecule has 0 saturated carbocycles. The highest BCUT2D eigenvalue weighted by Crippen LogP contribution is 2.18. The summed E-state index contributed by atoms with van der Waals surface area (Å²) in [5.74, 6) is 0. The van der Waals surface area contributed by atoms with Crippen molar-refractivity contribution >= 4 is 11.3 Å². The molecule has 1 saturated heterocycles. The Morgan fingerprint density at radius 3 is 3.06 bits per heavy atom. The van der Waals surface area contributed by atoms with Crippen LogP contribution in [0.5, 0.6) is 0 Å². The van der Waals surface area contributed by atoms with Gasteiger partial charge in [0.2, 0.25) is 0 Å². The molecule has 2 heterocycles. The van der Waals surface area contributed by atoms with Crippen molar-refractivity contribution in [2.45, 2.75) is 45.2 Å². The fourth-order valence-electron chi connectivity index (χ4n) is 2.56. The average Bonchev–Trinajstić information content (AvgIpc) is 2.73. The summed E-state index contributed by atoms with van der Waals surface area (Å²) in [5.41, 5.74) is 1.43. The van der Waals surface area contributed by atoms with E-state index in [9.17, 15) is 0 Å². The summed E-state index contributed by atoms with van der Waals surface area (Å²) < 4.78 is 0. The third kappa shape index (κ3) is 3.80. The lowest BCUT2D eigenvalue weighted by atomic mass is 10.0. The van der Waals surface area contributed by atoms with Crippen LogP contribution in [0, 0.1) is 6.92 Å². The van der Waals surface area contributed by atoms with Gasteiger partial charge in [0, 0.05) is 17.5 Å². The number of hydrogen-bond acceptors (Lipinski definition) is 3. The van der Waals surface area contributed by atoms with E-state index in [1.165, 1.54) is 42.7 Å². The molecule has 1 aromatic rings. The van der Waals surface area contributed by atoms with Gasteiger partial charge in [0.05, 0.1) is 0 Å². The van der Waals surface area contributed by atoms with Crippen LogP contribution in [0.1, 0.15) is 36.1 Å². The number of likely N-dealkylation sites (tertiary alicyclic amines) is 1. The van der Waals surface area contributed by atoms with Crippen LogP contribution in [-0.2, 0) is 6.54 Å². The van der Waals surface area contributed by atoms with E-state index >= 15 is 0 Å². The molecule has 1 N–H and O–H groups in total. The smallest absolute Gasteiger partial charge is 0.0302 e. The number of nitrogens with zero attached hydrogens (tertiary/aromatic N) is 1. The molecule has 2 nitrogen and oxygen atoms in total. The van der Waals surface area contributed by atoms with Gasteiger partial charge < -0.3 is 10.2 Å². The zero-order chi connectivity index (χ0) is 12.1. The number of hydrogen-bond donors (Lipinski definition) is 1. The van der Waals surface area contributed by atoms with Gasteiger partial charge in [0.25, 0.3) is 0 Å². The number of aryl methyl sites for hydroxylation is 1. The van der Waals surface area contributed by atoms with Crippen molar-refractivity contribution in [3.63, 3.8) is 0 Å². The van der Waals surface area contributed by atoms with E-state index in [4.69, 9.17) is 0 Å². The molecule has 1 atom stereocenters. The normalized spacial score (nSPS) is 21.9. The van der Waals surface area contributed by atoms with Gasteiger partial charge in [0.1, 0.15) is 0 Å². The van der Waals surface area contributed by atoms with Gasteiger partial charge in [-0.05, 0) is 63.3 Å². The van der Waals surface area contributed by atoms with Crippen LogP contribution in [-0.4, -0.2) is 31.1 Å². The second kappa shape index (κ2) is 6.53. The minimum atomic E-state index is 0.806. The molecule has 1 aromatic heterocycles. The van der Waals surface area contributed by atoms with Crippen LogP contribution in [0.2, 0.25) is 0 Å². The molecule has 1 fully saturated rings. The molecule has 96 valence electrons. The lowest BCUT2D eigenvalue weighted by Crippen LogP contribution is -2.38. The number of piperidine rings is 1. The lowest BCUT2D eigenvalue weighted by Gasteiger charge is -2.32. The second-order valence-electron chi connectivity index (χ2n) is 5.12. The molecular weight excluding hydrogens is 228 g/mol. The summed E-state index contributed by atoms with van der Waals surface area (Å²) in [4.78, 5) is 4.02. The predicted octanol–water partition coefficient (Wildman–Crippen LogP) is 3.02. The number of nitrogens with one attached hydrogen (secondary N) is 1. The molecule has 17 heavy (non-hydrogen) atoms. The molecule has 2 rings (SSSR count). The Kier molecular flexibility index (Phi) is 5.01. The summed E-state index contributed by atoms with van der Waals surface area (Å²) in [7, 11) is 2.27. The lowest BCUT2D eigenvalue weighted by molar-refractivity contribution is 0.175. The van der Waals surface area contributed by atoms with Gasteiger partial charge in [-0.2, -0.15) is 0 Å². The quantitative estimate of drug-likeness (QED) is 0.810. The van der Waals surface area contributed by atoms with E-state index in [-0.39, 0.29) is 0 Å². The fraction of sp³-hybridized carbons (Fsp3) is 0.714. The van der Waals surface area contributed by atoms with Gasteiger partial charge >= 0.3 is 0 Å². The van der Waals surface area contributed by atoms with E-state index in [1.807, 2.05) is 11.3 Å². The summed E-state index contributed by atoms with van der Waals surface area (Å²) in [5, 5.41) is 5.76. The predicted molar refractivity (Wildman–Crippen MR) is 75.6 cm³/mol. The maximum atomic E-state index is 3.58. The van der Waals surface area contributed by atoms with Crippen molar-refractivity contribution in [3.05, 3.63) is 21.9 Å². The van der Waals surface area contributed by atoms with Crippen molar-refractivity contribution in [3.8, 4) is 0 Å². The van der Waals surface area contributed by atoms with Crippen LogP contribution < -0.4 is 5.32 Å². The monoisotopic (exact) mass is 252 g/mol. The van der Waals surface area contributed by atoms with E-state index < -0.39 is 0 Å². The van der Waals surface area contributed by atoms with Crippen molar-refractivity contribution in [1.82, 2.24) is 10.2 Å². The van der Waals surface area contributed by atoms with Crippen LogP contribution >= 0.6 is 11.3 Å². The Balaban J connectivity index is 1.64. The van der Waals surface area contributed by atoms with E-state index in [1.54, 1.807) is 0 Å². The summed E-state index contributed by atoms with van der Waals surface area (Å²) in [6, 6.07) is 3.01. The van der Waals surface area contributed by atoms with E-state index in [0.717, 1.165) is 19.1 Å². The molecule has 1 unspecified atom stereocenters. The van der Waals surface area contributed by atoms with Crippen LogP contribution in [0.25, 0.3) is 0 Å². The largest absolute Gasteiger partial charge is 0.312 e. The molecule has 3 heteroatoms. The third-order valence-electron chi connectivity index (χ3n) is 3.83. The molecule has 0 radical (unpaired) electrons. The van der Waals surface area contributed by atoms with Crippen LogP contribution in [0.4, 0.5) is 0 Å². The number of thiophene rings is 1. The third-order valence-corrected chi connectivity index (χ3v) is 4.85. The summed E-state index contributed by atoms with van der Waals surface area (Å²) in [6.45, 7) is 5.67. The first kappa shape index (κ1) is 13.1. The SMILES string of the molecule is Cc1ccsc1CNCCC1CCCCN1C. The minimum Gasteiger partial charge on any atom is -0.312 e. The van der Waals surface area contributed by atoms with E-state index in [2.05, 4.69) is 35.6 Å². The van der Waals surface area contributed by atoms with Gasteiger partial charge in [-0.15, -0.1) is 11.3 Å². The first-order valence-corrected chi connectivity index (χ1v) is 7.59. The molecule has 1 aliphatic heterocycles. The minimum absolute atomic E-state index is 0.806. The standard InChI is InChI=1S/C14H24N2S/c1-12-7-10-17-14(12)11-15-8-6-13-5-3-4-9-16(13)2/h7,10,13,15H,3-6,8-9,11H2,1-2H3. The highest BCUT2D eigenvalue weighted by Gasteiger charge is 2.17. The Morgan fingerprint density at radius 1 is 1.47 bits per heavy atom. The molecule has 1 aliphatic rings.